The Kier molecular flexibility index (Phi) is 8.92. The van der Waals surface area contributed by atoms with Crippen LogP contribution in [0, 0.1) is 11.3 Å². The summed E-state index contributed by atoms with van der Waals surface area (Å²) in [4.78, 5) is 12.8. The molecule has 4 atom stereocenters. The highest BCUT2D eigenvalue weighted by molar-refractivity contribution is 6.74. The van der Waals surface area contributed by atoms with E-state index >= 15 is 0 Å². The average Bonchev–Trinajstić information content (AvgIpc) is 3.02. The monoisotopic (exact) mass is 556 g/mol. The standard InChI is InChI=1S/C33H56O3Si2/c1-14-27-29(34)22-28-24(16-15-19-33(27,28)9)17-18-25-20-26(35-37(10,11)31(3,4)5)21-30(23(25)2)36-38(12,13)32(6,7)8/h14,17-18,26,28,30H,2,15-16,19-22H2,1,3-13H3/t26?,28-,30?,33+/m0/s1. The third-order valence-corrected chi connectivity index (χ3v) is 19.7. The van der Waals surface area contributed by atoms with Crippen molar-refractivity contribution in [1.29, 1.82) is 0 Å². The maximum Gasteiger partial charge on any atom is 0.192 e. The predicted octanol–water partition coefficient (Wildman–Crippen LogP) is 9.70. The number of carbonyl (C=O) groups excluding carboxylic acids is 1. The highest BCUT2D eigenvalue weighted by atomic mass is 28.4. The van der Waals surface area contributed by atoms with Crippen molar-refractivity contribution in [3.05, 3.63) is 47.1 Å². The first kappa shape index (κ1) is 31.5. The number of hydrogen-bond donors (Lipinski definition) is 0. The van der Waals surface area contributed by atoms with Crippen LogP contribution in [0.5, 0.6) is 0 Å². The second kappa shape index (κ2) is 10.8. The normalized spacial score (nSPS) is 32.9. The zero-order valence-electron chi connectivity index (χ0n) is 26.6. The third-order valence-electron chi connectivity index (χ3n) is 10.7. The van der Waals surface area contributed by atoms with Crippen molar-refractivity contribution in [1.82, 2.24) is 0 Å². The maximum atomic E-state index is 12.8. The van der Waals surface area contributed by atoms with E-state index in [2.05, 4.69) is 99.5 Å². The molecule has 0 aromatic rings. The van der Waals surface area contributed by atoms with Crippen LogP contribution in [0.2, 0.25) is 36.3 Å². The van der Waals surface area contributed by atoms with Crippen LogP contribution >= 0.6 is 0 Å². The Labute approximate surface area is 236 Å². The summed E-state index contributed by atoms with van der Waals surface area (Å²) >= 11 is 0. The molecule has 38 heavy (non-hydrogen) atoms. The van der Waals surface area contributed by atoms with Gasteiger partial charge in [0.15, 0.2) is 22.4 Å². The molecule has 0 heterocycles. The van der Waals surface area contributed by atoms with Gasteiger partial charge < -0.3 is 8.85 Å². The van der Waals surface area contributed by atoms with Gasteiger partial charge in [0.2, 0.25) is 0 Å². The van der Waals surface area contributed by atoms with Gasteiger partial charge in [-0.05, 0) is 91.5 Å². The molecule has 0 aliphatic heterocycles. The quantitative estimate of drug-likeness (QED) is 0.250. The summed E-state index contributed by atoms with van der Waals surface area (Å²) in [5.41, 5.74) is 4.85. The fourth-order valence-corrected chi connectivity index (χ4v) is 8.84. The molecule has 3 nitrogen and oxygen atoms in total. The Bertz CT molecular complexity index is 1030. The van der Waals surface area contributed by atoms with Crippen molar-refractivity contribution < 1.29 is 13.6 Å². The molecule has 3 rings (SSSR count). The van der Waals surface area contributed by atoms with Gasteiger partial charge in [0, 0.05) is 18.3 Å². The molecule has 0 radical (unpaired) electrons. The molecule has 0 saturated heterocycles. The van der Waals surface area contributed by atoms with Gasteiger partial charge in [-0.25, -0.2) is 0 Å². The molecule has 0 aromatic heterocycles. The lowest BCUT2D eigenvalue weighted by Gasteiger charge is -2.45. The van der Waals surface area contributed by atoms with Crippen LogP contribution in [0.3, 0.4) is 0 Å². The second-order valence-corrected chi connectivity index (χ2v) is 24.9. The van der Waals surface area contributed by atoms with Crippen molar-refractivity contribution >= 4 is 22.4 Å². The minimum atomic E-state index is -1.98. The smallest absolute Gasteiger partial charge is 0.192 e. The van der Waals surface area contributed by atoms with E-state index in [-0.39, 0.29) is 27.7 Å². The lowest BCUT2D eigenvalue weighted by atomic mass is 9.65. The van der Waals surface area contributed by atoms with Gasteiger partial charge in [-0.15, -0.1) is 0 Å². The zero-order chi connectivity index (χ0) is 28.9. The van der Waals surface area contributed by atoms with Gasteiger partial charge in [0.05, 0.1) is 12.2 Å². The number of rotatable bonds is 5. The lowest BCUT2D eigenvalue weighted by Crippen LogP contribution is -2.49. The Morgan fingerprint density at radius 3 is 2.08 bits per heavy atom. The summed E-state index contributed by atoms with van der Waals surface area (Å²) in [6.07, 6.45) is 12.6. The second-order valence-electron chi connectivity index (χ2n) is 15.4. The number of allylic oxidation sites excluding steroid dienone is 5. The third kappa shape index (κ3) is 6.16. The van der Waals surface area contributed by atoms with Crippen LogP contribution in [0.1, 0.15) is 93.9 Å². The molecule has 2 unspecified atom stereocenters. The molecule has 3 saturated carbocycles. The molecule has 3 fully saturated rings. The van der Waals surface area contributed by atoms with Crippen LogP contribution in [0.15, 0.2) is 47.1 Å². The van der Waals surface area contributed by atoms with Crippen LogP contribution in [0.4, 0.5) is 0 Å². The van der Waals surface area contributed by atoms with E-state index in [1.165, 1.54) is 11.1 Å². The van der Waals surface area contributed by atoms with Crippen molar-refractivity contribution in [3.63, 3.8) is 0 Å². The molecule has 0 bridgehead atoms. The fourth-order valence-electron chi connectivity index (χ4n) is 6.17. The first-order valence-corrected chi connectivity index (χ1v) is 20.7. The van der Waals surface area contributed by atoms with Gasteiger partial charge in [0.1, 0.15) is 0 Å². The number of fused-ring (bicyclic) bond motifs is 1. The topological polar surface area (TPSA) is 35.5 Å². The van der Waals surface area contributed by atoms with E-state index < -0.39 is 16.6 Å². The number of carbonyl (C=O) groups is 1. The summed E-state index contributed by atoms with van der Waals surface area (Å²) in [7, 11) is -3.91. The molecule has 3 aliphatic rings. The Hall–Kier alpha value is -1.02. The molecular weight excluding hydrogens is 501 g/mol. The Morgan fingerprint density at radius 2 is 1.53 bits per heavy atom. The van der Waals surface area contributed by atoms with Gasteiger partial charge in [0.25, 0.3) is 0 Å². The molecule has 0 spiro atoms. The molecule has 0 N–H and O–H groups in total. The van der Waals surface area contributed by atoms with Crippen LogP contribution in [-0.4, -0.2) is 34.6 Å². The number of ketones is 1. The summed E-state index contributed by atoms with van der Waals surface area (Å²) in [5.74, 6) is 0.662. The summed E-state index contributed by atoms with van der Waals surface area (Å²) in [6.45, 7) is 32.2. The van der Waals surface area contributed by atoms with E-state index in [4.69, 9.17) is 8.85 Å². The lowest BCUT2D eigenvalue weighted by molar-refractivity contribution is -0.114. The molecule has 0 amide bonds. The van der Waals surface area contributed by atoms with Crippen molar-refractivity contribution in [3.8, 4) is 0 Å². The van der Waals surface area contributed by atoms with Gasteiger partial charge >= 0.3 is 0 Å². The highest BCUT2D eigenvalue weighted by Crippen LogP contribution is 2.55. The molecule has 0 aromatic carbocycles. The number of hydrogen-bond acceptors (Lipinski definition) is 3. The summed E-state index contributed by atoms with van der Waals surface area (Å²) < 4.78 is 14.0. The van der Waals surface area contributed by atoms with Crippen molar-refractivity contribution in [2.75, 3.05) is 0 Å². The maximum absolute atomic E-state index is 12.8. The van der Waals surface area contributed by atoms with E-state index in [1.807, 2.05) is 6.92 Å². The zero-order valence-corrected chi connectivity index (χ0v) is 28.6. The molecule has 5 heteroatoms. The largest absolute Gasteiger partial charge is 0.413 e. The van der Waals surface area contributed by atoms with Crippen molar-refractivity contribution in [2.24, 2.45) is 11.3 Å². The molecular formula is C33H56O3Si2. The van der Waals surface area contributed by atoms with E-state index in [1.54, 1.807) is 0 Å². The van der Waals surface area contributed by atoms with E-state index in [0.717, 1.165) is 43.3 Å². The SMILES string of the molecule is C=C1C(=CC=C2CCC[C@]3(C)C(=CC)C(=O)C[C@@H]23)CC(O[Si](C)(C)C(C)(C)C)CC1O[Si](C)(C)C(C)(C)C. The number of Topliss-reactive ketones (excluding diaryl/α,β-unsaturated/α-hetero) is 1. The average molecular weight is 557 g/mol. The van der Waals surface area contributed by atoms with Crippen LogP contribution in [-0.2, 0) is 13.6 Å². The van der Waals surface area contributed by atoms with Crippen LogP contribution in [0.25, 0.3) is 0 Å². The van der Waals surface area contributed by atoms with E-state index in [9.17, 15) is 4.79 Å². The summed E-state index contributed by atoms with van der Waals surface area (Å²) in [6, 6.07) is 0. The predicted molar refractivity (Wildman–Crippen MR) is 168 cm³/mol. The van der Waals surface area contributed by atoms with Crippen LogP contribution < -0.4 is 0 Å². The highest BCUT2D eigenvalue weighted by Gasteiger charge is 2.50. The van der Waals surface area contributed by atoms with Gasteiger partial charge in [-0.3, -0.25) is 4.79 Å². The first-order valence-electron chi connectivity index (χ1n) is 14.9. The fraction of sp³-hybridized carbons (Fsp3) is 0.727. The summed E-state index contributed by atoms with van der Waals surface area (Å²) in [5, 5.41) is 0.299. The van der Waals surface area contributed by atoms with Gasteiger partial charge in [-0.2, -0.15) is 0 Å². The first-order chi connectivity index (χ1) is 17.2. The minimum Gasteiger partial charge on any atom is -0.413 e. The van der Waals surface area contributed by atoms with Gasteiger partial charge in [-0.1, -0.05) is 78.8 Å². The minimum absolute atomic E-state index is 0.0108. The Morgan fingerprint density at radius 1 is 0.947 bits per heavy atom. The molecule has 214 valence electrons. The molecule has 3 aliphatic carbocycles. The Balaban J connectivity index is 1.96. The van der Waals surface area contributed by atoms with E-state index in [0.29, 0.717) is 18.1 Å². The van der Waals surface area contributed by atoms with Crippen molar-refractivity contribution in [2.45, 2.75) is 142 Å².